The van der Waals surface area contributed by atoms with Crippen molar-refractivity contribution >= 4 is 23.4 Å². The zero-order valence-electron chi connectivity index (χ0n) is 11.6. The number of thioether (sulfide) groups is 1. The van der Waals surface area contributed by atoms with Crippen LogP contribution in [0.2, 0.25) is 0 Å². The van der Waals surface area contributed by atoms with E-state index in [0.717, 1.165) is 18.7 Å². The van der Waals surface area contributed by atoms with Gasteiger partial charge in [0.1, 0.15) is 0 Å². The highest BCUT2D eigenvalue weighted by Crippen LogP contribution is 2.21. The first-order chi connectivity index (χ1) is 8.63. The van der Waals surface area contributed by atoms with Crippen LogP contribution in [0.15, 0.2) is 29.2 Å². The molecule has 0 aromatic heterocycles. The number of carbonyl (C=O) groups is 1. The highest BCUT2D eigenvalue weighted by Gasteiger charge is 2.20. The molecule has 0 bridgehead atoms. The number of hydrogen-bond donors (Lipinski definition) is 1. The molecule has 0 aliphatic rings. The van der Waals surface area contributed by atoms with Crippen molar-refractivity contribution in [2.75, 3.05) is 31.8 Å². The van der Waals surface area contributed by atoms with Crippen molar-refractivity contribution in [2.45, 2.75) is 18.2 Å². The molecule has 0 aliphatic carbocycles. The first-order valence-electron chi connectivity index (χ1n) is 6.20. The van der Waals surface area contributed by atoms with Gasteiger partial charge in [-0.15, -0.1) is 11.8 Å². The lowest BCUT2D eigenvalue weighted by molar-refractivity contribution is -0.122. The van der Waals surface area contributed by atoms with E-state index in [4.69, 9.17) is 0 Å². The first-order valence-corrected chi connectivity index (χ1v) is 7.42. The van der Waals surface area contributed by atoms with Gasteiger partial charge in [0.05, 0.1) is 5.92 Å². The van der Waals surface area contributed by atoms with E-state index < -0.39 is 0 Å². The second kappa shape index (κ2) is 7.44. The molecule has 100 valence electrons. The van der Waals surface area contributed by atoms with Crippen LogP contribution < -0.4 is 10.2 Å². The molecule has 1 N–H and O–H groups in total. The minimum atomic E-state index is 0.0419. The second-order valence-electron chi connectivity index (χ2n) is 4.26. The summed E-state index contributed by atoms with van der Waals surface area (Å²) in [6.45, 7) is 2.77. The molecule has 1 rings (SSSR count). The van der Waals surface area contributed by atoms with Crippen LogP contribution in [0.25, 0.3) is 0 Å². The van der Waals surface area contributed by atoms with Crippen molar-refractivity contribution < 1.29 is 4.79 Å². The van der Waals surface area contributed by atoms with Gasteiger partial charge in [0.2, 0.25) is 5.91 Å². The lowest BCUT2D eigenvalue weighted by Crippen LogP contribution is -2.37. The third-order valence-electron chi connectivity index (χ3n) is 3.08. The smallest absolute Gasteiger partial charge is 0.231 e. The van der Waals surface area contributed by atoms with Gasteiger partial charge in [-0.1, -0.05) is 6.92 Å². The fourth-order valence-corrected chi connectivity index (χ4v) is 2.27. The van der Waals surface area contributed by atoms with E-state index >= 15 is 0 Å². The average molecular weight is 266 g/mol. The van der Waals surface area contributed by atoms with Gasteiger partial charge in [-0.05, 0) is 44.0 Å². The molecule has 0 saturated carbocycles. The van der Waals surface area contributed by atoms with Gasteiger partial charge in [0, 0.05) is 24.2 Å². The van der Waals surface area contributed by atoms with Crippen LogP contribution in [-0.2, 0) is 4.79 Å². The number of nitrogens with one attached hydrogen (secondary N) is 1. The number of amides is 1. The zero-order chi connectivity index (χ0) is 13.5. The van der Waals surface area contributed by atoms with Crippen LogP contribution in [0, 0.1) is 5.92 Å². The Bertz CT molecular complexity index is 378. The topological polar surface area (TPSA) is 32.3 Å². The van der Waals surface area contributed by atoms with Gasteiger partial charge in [-0.25, -0.2) is 0 Å². The van der Waals surface area contributed by atoms with Crippen molar-refractivity contribution in [2.24, 2.45) is 5.92 Å². The van der Waals surface area contributed by atoms with Gasteiger partial charge in [-0.3, -0.25) is 4.79 Å². The third-order valence-corrected chi connectivity index (χ3v) is 3.83. The van der Waals surface area contributed by atoms with E-state index in [1.807, 2.05) is 51.5 Å². The number of benzene rings is 1. The Morgan fingerprint density at radius 1 is 1.39 bits per heavy atom. The molecule has 1 aromatic rings. The fraction of sp³-hybridized carbons (Fsp3) is 0.500. The molecule has 0 heterocycles. The van der Waals surface area contributed by atoms with Crippen LogP contribution in [0.5, 0.6) is 0 Å². The molecule has 4 heteroatoms. The maximum atomic E-state index is 12.3. The predicted octanol–water partition coefficient (Wildman–Crippen LogP) is 2.62. The number of nitrogens with zero attached hydrogens (tertiary/aromatic N) is 1. The molecule has 3 nitrogen and oxygen atoms in total. The molecule has 1 atom stereocenters. The zero-order valence-corrected chi connectivity index (χ0v) is 12.4. The summed E-state index contributed by atoms with van der Waals surface area (Å²) in [5, 5.41) is 3.07. The SMILES string of the molecule is CCC(CNC)C(=O)N(C)c1ccc(SC)cc1. The molecule has 0 radical (unpaired) electrons. The maximum absolute atomic E-state index is 12.3. The van der Waals surface area contributed by atoms with Crippen molar-refractivity contribution in [1.82, 2.24) is 5.32 Å². The first kappa shape index (κ1) is 15.1. The lowest BCUT2D eigenvalue weighted by atomic mass is 10.0. The van der Waals surface area contributed by atoms with E-state index in [1.54, 1.807) is 16.7 Å². The summed E-state index contributed by atoms with van der Waals surface area (Å²) in [7, 11) is 3.72. The Balaban J connectivity index is 2.78. The van der Waals surface area contributed by atoms with Gasteiger partial charge in [0.25, 0.3) is 0 Å². The quantitative estimate of drug-likeness (QED) is 0.803. The summed E-state index contributed by atoms with van der Waals surface area (Å²) in [4.78, 5) is 15.3. The van der Waals surface area contributed by atoms with E-state index in [1.165, 1.54) is 4.90 Å². The Morgan fingerprint density at radius 3 is 2.44 bits per heavy atom. The normalized spacial score (nSPS) is 12.2. The van der Waals surface area contributed by atoms with Crippen LogP contribution in [0.3, 0.4) is 0 Å². The molecule has 18 heavy (non-hydrogen) atoms. The van der Waals surface area contributed by atoms with Crippen LogP contribution in [-0.4, -0.2) is 32.8 Å². The maximum Gasteiger partial charge on any atom is 0.231 e. The third kappa shape index (κ3) is 3.75. The van der Waals surface area contributed by atoms with Gasteiger partial charge < -0.3 is 10.2 Å². The van der Waals surface area contributed by atoms with Gasteiger partial charge >= 0.3 is 0 Å². The molecule has 0 aliphatic heterocycles. The number of hydrogen-bond acceptors (Lipinski definition) is 3. The fourth-order valence-electron chi connectivity index (χ4n) is 1.86. The van der Waals surface area contributed by atoms with Crippen molar-refractivity contribution in [3.63, 3.8) is 0 Å². The predicted molar refractivity (Wildman–Crippen MR) is 79.3 cm³/mol. The summed E-state index contributed by atoms with van der Waals surface area (Å²) in [6, 6.07) is 8.08. The number of carbonyl (C=O) groups excluding carboxylic acids is 1. The molecular weight excluding hydrogens is 244 g/mol. The molecule has 0 spiro atoms. The summed E-state index contributed by atoms with van der Waals surface area (Å²) < 4.78 is 0. The number of rotatable bonds is 6. The lowest BCUT2D eigenvalue weighted by Gasteiger charge is -2.23. The van der Waals surface area contributed by atoms with Crippen molar-refractivity contribution in [3.8, 4) is 0 Å². The molecule has 1 unspecified atom stereocenters. The van der Waals surface area contributed by atoms with Crippen LogP contribution in [0.1, 0.15) is 13.3 Å². The summed E-state index contributed by atoms with van der Waals surface area (Å²) in [6.07, 6.45) is 2.90. The summed E-state index contributed by atoms with van der Waals surface area (Å²) >= 11 is 1.70. The van der Waals surface area contributed by atoms with Crippen LogP contribution in [0.4, 0.5) is 5.69 Å². The second-order valence-corrected chi connectivity index (χ2v) is 5.14. The molecular formula is C14H22N2OS. The molecule has 1 aromatic carbocycles. The Kier molecular flexibility index (Phi) is 6.22. The van der Waals surface area contributed by atoms with E-state index in [0.29, 0.717) is 0 Å². The monoisotopic (exact) mass is 266 g/mol. The number of anilines is 1. The largest absolute Gasteiger partial charge is 0.319 e. The highest BCUT2D eigenvalue weighted by atomic mass is 32.2. The Morgan fingerprint density at radius 2 is 2.00 bits per heavy atom. The Hall–Kier alpha value is -1.00. The minimum absolute atomic E-state index is 0.0419. The standard InChI is InChI=1S/C14H22N2OS/c1-5-11(10-15-2)14(17)16(3)12-6-8-13(18-4)9-7-12/h6-9,11,15H,5,10H2,1-4H3. The summed E-state index contributed by atoms with van der Waals surface area (Å²) in [5.74, 6) is 0.212. The van der Waals surface area contributed by atoms with Gasteiger partial charge in [-0.2, -0.15) is 0 Å². The van der Waals surface area contributed by atoms with E-state index in [-0.39, 0.29) is 11.8 Å². The minimum Gasteiger partial charge on any atom is -0.319 e. The Labute approximate surface area is 114 Å². The van der Waals surface area contributed by atoms with Crippen LogP contribution >= 0.6 is 11.8 Å². The van der Waals surface area contributed by atoms with Gasteiger partial charge in [0.15, 0.2) is 0 Å². The van der Waals surface area contributed by atoms with E-state index in [2.05, 4.69) is 5.32 Å². The summed E-state index contributed by atoms with van der Waals surface area (Å²) in [5.41, 5.74) is 0.951. The average Bonchev–Trinajstić information content (AvgIpc) is 2.43. The molecule has 1 amide bonds. The van der Waals surface area contributed by atoms with Crippen molar-refractivity contribution in [1.29, 1.82) is 0 Å². The molecule has 0 saturated heterocycles. The highest BCUT2D eigenvalue weighted by molar-refractivity contribution is 7.98. The van der Waals surface area contributed by atoms with E-state index in [9.17, 15) is 4.79 Å². The molecule has 0 fully saturated rings. The van der Waals surface area contributed by atoms with Crippen molar-refractivity contribution in [3.05, 3.63) is 24.3 Å².